The molecule has 1 aromatic carbocycles. The molecule has 0 spiro atoms. The fourth-order valence-electron chi connectivity index (χ4n) is 2.42. The van der Waals surface area contributed by atoms with E-state index in [1.165, 1.54) is 12.1 Å². The number of hydrogen-bond acceptors (Lipinski definition) is 3. The molecular formula is C14H17BrFN3O2. The summed E-state index contributed by atoms with van der Waals surface area (Å²) in [6, 6.07) is 4.40. The number of amides is 1. The summed E-state index contributed by atoms with van der Waals surface area (Å²) in [6.45, 7) is 2.87. The van der Waals surface area contributed by atoms with Crippen LogP contribution in [0.2, 0.25) is 0 Å². The number of piperidine rings is 1. The van der Waals surface area contributed by atoms with Gasteiger partial charge in [-0.15, -0.1) is 0 Å². The van der Waals surface area contributed by atoms with Crippen LogP contribution in [0.1, 0.15) is 30.1 Å². The van der Waals surface area contributed by atoms with E-state index in [0.717, 1.165) is 0 Å². The molecule has 2 rings (SSSR count). The summed E-state index contributed by atoms with van der Waals surface area (Å²) in [5.41, 5.74) is 5.59. The number of nitrogens with zero attached hydrogens (tertiary/aromatic N) is 2. The maximum absolute atomic E-state index is 13.5. The predicted octanol–water partition coefficient (Wildman–Crippen LogP) is 2.58. The van der Waals surface area contributed by atoms with Crippen molar-refractivity contribution >= 4 is 27.7 Å². The Labute approximate surface area is 130 Å². The van der Waals surface area contributed by atoms with E-state index in [9.17, 15) is 9.18 Å². The zero-order valence-corrected chi connectivity index (χ0v) is 13.2. The van der Waals surface area contributed by atoms with Crippen LogP contribution in [0.25, 0.3) is 0 Å². The minimum atomic E-state index is -0.459. The molecule has 1 aromatic rings. The Morgan fingerprint density at radius 3 is 2.67 bits per heavy atom. The first-order valence-corrected chi connectivity index (χ1v) is 7.39. The lowest BCUT2D eigenvalue weighted by atomic mass is 9.79. The van der Waals surface area contributed by atoms with Crippen molar-refractivity contribution in [1.82, 2.24) is 4.90 Å². The van der Waals surface area contributed by atoms with E-state index in [-0.39, 0.29) is 16.2 Å². The molecule has 1 aliphatic heterocycles. The van der Waals surface area contributed by atoms with Gasteiger partial charge in [0.15, 0.2) is 0 Å². The highest BCUT2D eigenvalue weighted by Gasteiger charge is 2.36. The largest absolute Gasteiger partial charge is 0.409 e. The molecule has 1 heterocycles. The van der Waals surface area contributed by atoms with Gasteiger partial charge in [0.25, 0.3) is 5.91 Å². The summed E-state index contributed by atoms with van der Waals surface area (Å²) in [6.07, 6.45) is 1.20. The van der Waals surface area contributed by atoms with Crippen molar-refractivity contribution in [3.05, 3.63) is 34.1 Å². The second-order valence-electron chi connectivity index (χ2n) is 5.44. The molecule has 1 fully saturated rings. The van der Waals surface area contributed by atoms with Crippen LogP contribution >= 0.6 is 15.9 Å². The van der Waals surface area contributed by atoms with Gasteiger partial charge in [0.1, 0.15) is 11.7 Å². The number of carbonyl (C=O) groups excluding carboxylic acids is 1. The van der Waals surface area contributed by atoms with E-state index in [4.69, 9.17) is 10.9 Å². The molecule has 5 nitrogen and oxygen atoms in total. The van der Waals surface area contributed by atoms with Crippen molar-refractivity contribution in [2.75, 3.05) is 13.1 Å². The summed E-state index contributed by atoms with van der Waals surface area (Å²) in [5, 5.41) is 11.9. The average molecular weight is 358 g/mol. The molecule has 3 N–H and O–H groups in total. The number of benzene rings is 1. The van der Waals surface area contributed by atoms with Crippen molar-refractivity contribution in [3.8, 4) is 0 Å². The van der Waals surface area contributed by atoms with E-state index in [0.29, 0.717) is 31.5 Å². The monoisotopic (exact) mass is 357 g/mol. The highest BCUT2D eigenvalue weighted by Crippen LogP contribution is 2.32. The SMILES string of the molecule is CC1(/C(N)=N/O)CCN(C(=O)c2cccc(F)c2Br)CC1. The second-order valence-corrected chi connectivity index (χ2v) is 6.23. The van der Waals surface area contributed by atoms with Gasteiger partial charge >= 0.3 is 0 Å². The number of hydrogen-bond donors (Lipinski definition) is 2. The lowest BCUT2D eigenvalue weighted by Gasteiger charge is -2.38. The van der Waals surface area contributed by atoms with Crippen LogP contribution in [0, 0.1) is 11.2 Å². The molecule has 1 aliphatic rings. The molecular weight excluding hydrogens is 341 g/mol. The molecule has 114 valence electrons. The van der Waals surface area contributed by atoms with Gasteiger partial charge in [-0.25, -0.2) is 4.39 Å². The zero-order valence-electron chi connectivity index (χ0n) is 11.6. The number of oxime groups is 1. The second kappa shape index (κ2) is 6.01. The Balaban J connectivity index is 2.12. The van der Waals surface area contributed by atoms with Crippen molar-refractivity contribution in [1.29, 1.82) is 0 Å². The average Bonchev–Trinajstić information content (AvgIpc) is 2.49. The number of amidine groups is 1. The van der Waals surface area contributed by atoms with Gasteiger partial charge in [0.05, 0.1) is 10.0 Å². The summed E-state index contributed by atoms with van der Waals surface area (Å²) in [5.74, 6) is -0.496. The number of halogens is 2. The first-order chi connectivity index (χ1) is 9.89. The van der Waals surface area contributed by atoms with E-state index >= 15 is 0 Å². The molecule has 0 bridgehead atoms. The van der Waals surface area contributed by atoms with Crippen molar-refractivity contribution < 1.29 is 14.4 Å². The fraction of sp³-hybridized carbons (Fsp3) is 0.429. The normalized spacial score (nSPS) is 18.6. The third kappa shape index (κ3) is 3.02. The predicted molar refractivity (Wildman–Crippen MR) is 80.8 cm³/mol. The Bertz CT molecular complexity index is 584. The minimum absolute atomic E-state index is 0.180. The van der Waals surface area contributed by atoms with E-state index in [2.05, 4.69) is 21.1 Å². The third-order valence-corrected chi connectivity index (χ3v) is 4.87. The molecule has 7 heteroatoms. The molecule has 1 amide bonds. The molecule has 0 atom stereocenters. The summed E-state index contributed by atoms with van der Waals surface area (Å²) in [7, 11) is 0. The maximum Gasteiger partial charge on any atom is 0.255 e. The van der Waals surface area contributed by atoms with Crippen LogP contribution in [-0.2, 0) is 0 Å². The van der Waals surface area contributed by atoms with Gasteiger partial charge in [-0.2, -0.15) is 0 Å². The topological polar surface area (TPSA) is 78.9 Å². The van der Waals surface area contributed by atoms with Crippen molar-refractivity contribution in [2.45, 2.75) is 19.8 Å². The van der Waals surface area contributed by atoms with Crippen molar-refractivity contribution in [2.24, 2.45) is 16.3 Å². The standard InChI is InChI=1S/C14H17BrFN3O2/c1-14(13(17)18-21)5-7-19(8-6-14)12(20)9-3-2-4-10(16)11(9)15/h2-4,21H,5-8H2,1H3,(H2,17,18). The number of rotatable bonds is 2. The molecule has 0 saturated carbocycles. The first kappa shape index (κ1) is 15.8. The van der Waals surface area contributed by atoms with Crippen LogP contribution in [-0.4, -0.2) is 34.9 Å². The smallest absolute Gasteiger partial charge is 0.255 e. The maximum atomic E-state index is 13.5. The molecule has 21 heavy (non-hydrogen) atoms. The molecule has 0 radical (unpaired) electrons. The van der Waals surface area contributed by atoms with E-state index < -0.39 is 11.2 Å². The van der Waals surface area contributed by atoms with Gasteiger partial charge in [-0.05, 0) is 40.9 Å². The zero-order chi connectivity index (χ0) is 15.6. The number of carbonyl (C=O) groups is 1. The number of likely N-dealkylation sites (tertiary alicyclic amines) is 1. The van der Waals surface area contributed by atoms with Gasteiger partial charge in [0, 0.05) is 18.5 Å². The van der Waals surface area contributed by atoms with E-state index in [1.807, 2.05) is 6.92 Å². The summed E-state index contributed by atoms with van der Waals surface area (Å²) < 4.78 is 13.7. The van der Waals surface area contributed by atoms with Crippen LogP contribution < -0.4 is 5.73 Å². The Morgan fingerprint density at radius 1 is 1.48 bits per heavy atom. The van der Waals surface area contributed by atoms with Gasteiger partial charge in [-0.1, -0.05) is 18.1 Å². The van der Waals surface area contributed by atoms with Gasteiger partial charge < -0.3 is 15.8 Å². The fourth-order valence-corrected chi connectivity index (χ4v) is 2.85. The van der Waals surface area contributed by atoms with Gasteiger partial charge in [-0.3, -0.25) is 4.79 Å². The van der Waals surface area contributed by atoms with Crippen LogP contribution in [0.4, 0.5) is 4.39 Å². The van der Waals surface area contributed by atoms with Gasteiger partial charge in [0.2, 0.25) is 0 Å². The molecule has 1 saturated heterocycles. The van der Waals surface area contributed by atoms with Crippen LogP contribution in [0.5, 0.6) is 0 Å². The summed E-state index contributed by atoms with van der Waals surface area (Å²) >= 11 is 3.11. The lowest BCUT2D eigenvalue weighted by molar-refractivity contribution is 0.0665. The summed E-state index contributed by atoms with van der Waals surface area (Å²) in [4.78, 5) is 14.1. The molecule has 0 unspecified atom stereocenters. The van der Waals surface area contributed by atoms with Crippen LogP contribution in [0.3, 0.4) is 0 Å². The Hall–Kier alpha value is -1.63. The highest BCUT2D eigenvalue weighted by atomic mass is 79.9. The first-order valence-electron chi connectivity index (χ1n) is 6.60. The van der Waals surface area contributed by atoms with Crippen molar-refractivity contribution in [3.63, 3.8) is 0 Å². The Morgan fingerprint density at radius 2 is 2.10 bits per heavy atom. The van der Waals surface area contributed by atoms with Crippen LogP contribution in [0.15, 0.2) is 27.8 Å². The van der Waals surface area contributed by atoms with E-state index in [1.54, 1.807) is 11.0 Å². The molecule has 0 aliphatic carbocycles. The Kier molecular flexibility index (Phi) is 4.51. The molecule has 0 aromatic heterocycles. The number of nitrogens with two attached hydrogens (primary N) is 1. The highest BCUT2D eigenvalue weighted by molar-refractivity contribution is 9.10. The minimum Gasteiger partial charge on any atom is -0.409 e. The third-order valence-electron chi connectivity index (χ3n) is 4.06. The lowest BCUT2D eigenvalue weighted by Crippen LogP contribution is -2.47. The quantitative estimate of drug-likeness (QED) is 0.369.